The van der Waals surface area contributed by atoms with Crippen molar-refractivity contribution in [2.45, 2.75) is 45.7 Å². The number of nitrogens with one attached hydrogen (secondary N) is 1. The molecule has 0 radical (unpaired) electrons. The number of para-hydroxylation sites is 1. The lowest BCUT2D eigenvalue weighted by Crippen LogP contribution is -2.30. The first-order chi connectivity index (χ1) is 7.19. The largest absolute Gasteiger partial charge is 0.398 e. The Balaban J connectivity index is 2.68. The molecular weight excluding hydrogens is 184 g/mol. The van der Waals surface area contributed by atoms with Gasteiger partial charge in [0.2, 0.25) is 0 Å². The van der Waals surface area contributed by atoms with Crippen LogP contribution in [0.15, 0.2) is 24.3 Å². The van der Waals surface area contributed by atoms with Crippen molar-refractivity contribution >= 4 is 5.69 Å². The van der Waals surface area contributed by atoms with E-state index in [2.05, 4.69) is 32.2 Å². The molecule has 0 aliphatic carbocycles. The molecule has 2 heteroatoms. The first-order valence-corrected chi connectivity index (χ1v) is 5.79. The molecule has 1 rings (SSSR count). The lowest BCUT2D eigenvalue weighted by Gasteiger charge is -2.22. The molecule has 0 saturated carbocycles. The van der Waals surface area contributed by atoms with Crippen molar-refractivity contribution in [3.63, 3.8) is 0 Å². The molecule has 0 aromatic heterocycles. The van der Waals surface area contributed by atoms with Crippen molar-refractivity contribution < 1.29 is 0 Å². The molecule has 0 aliphatic rings. The van der Waals surface area contributed by atoms with E-state index in [0.717, 1.165) is 18.5 Å². The highest BCUT2D eigenvalue weighted by atomic mass is 14.9. The average Bonchev–Trinajstić information content (AvgIpc) is 2.26. The Labute approximate surface area is 92.9 Å². The van der Waals surface area contributed by atoms with Crippen molar-refractivity contribution in [2.75, 3.05) is 5.73 Å². The quantitative estimate of drug-likeness (QED) is 0.726. The molecule has 0 spiro atoms. The Morgan fingerprint density at radius 1 is 1.20 bits per heavy atom. The van der Waals surface area contributed by atoms with Gasteiger partial charge in [0.05, 0.1) is 0 Å². The maximum atomic E-state index is 5.94. The lowest BCUT2D eigenvalue weighted by molar-refractivity contribution is 0.433. The average molecular weight is 206 g/mol. The zero-order valence-corrected chi connectivity index (χ0v) is 9.96. The van der Waals surface area contributed by atoms with E-state index in [0.29, 0.717) is 12.1 Å². The molecule has 2 nitrogen and oxygen atoms in total. The SMILES string of the molecule is CCC(CC)NC(C)c1ccccc1N. The van der Waals surface area contributed by atoms with Crippen LogP contribution >= 0.6 is 0 Å². The van der Waals surface area contributed by atoms with Crippen LogP contribution in [-0.4, -0.2) is 6.04 Å². The van der Waals surface area contributed by atoms with E-state index in [9.17, 15) is 0 Å². The first-order valence-electron chi connectivity index (χ1n) is 5.79. The second kappa shape index (κ2) is 5.76. The molecule has 1 atom stereocenters. The second-order valence-corrected chi connectivity index (χ2v) is 4.03. The maximum Gasteiger partial charge on any atom is 0.0362 e. The molecule has 0 aliphatic heterocycles. The van der Waals surface area contributed by atoms with Gasteiger partial charge in [-0.2, -0.15) is 0 Å². The Hall–Kier alpha value is -1.02. The van der Waals surface area contributed by atoms with Gasteiger partial charge in [-0.1, -0.05) is 32.0 Å². The summed E-state index contributed by atoms with van der Waals surface area (Å²) in [6, 6.07) is 8.98. The van der Waals surface area contributed by atoms with Gasteiger partial charge in [0.25, 0.3) is 0 Å². The predicted molar refractivity (Wildman–Crippen MR) is 66.8 cm³/mol. The molecule has 1 aromatic carbocycles. The number of hydrogen-bond donors (Lipinski definition) is 2. The monoisotopic (exact) mass is 206 g/mol. The Morgan fingerprint density at radius 3 is 2.33 bits per heavy atom. The fourth-order valence-corrected chi connectivity index (χ4v) is 1.87. The normalized spacial score (nSPS) is 13.1. The molecule has 0 saturated heterocycles. The highest BCUT2D eigenvalue weighted by molar-refractivity contribution is 5.47. The van der Waals surface area contributed by atoms with E-state index in [-0.39, 0.29) is 0 Å². The number of nitrogens with two attached hydrogens (primary N) is 1. The van der Waals surface area contributed by atoms with Crippen LogP contribution in [0.2, 0.25) is 0 Å². The summed E-state index contributed by atoms with van der Waals surface area (Å²) >= 11 is 0. The topological polar surface area (TPSA) is 38.0 Å². The molecule has 0 bridgehead atoms. The van der Waals surface area contributed by atoms with Gasteiger partial charge in [0, 0.05) is 17.8 Å². The van der Waals surface area contributed by atoms with E-state index in [1.54, 1.807) is 0 Å². The van der Waals surface area contributed by atoms with E-state index >= 15 is 0 Å². The minimum atomic E-state index is 0.330. The summed E-state index contributed by atoms with van der Waals surface area (Å²) in [7, 11) is 0. The fraction of sp³-hybridized carbons (Fsp3) is 0.538. The minimum Gasteiger partial charge on any atom is -0.398 e. The van der Waals surface area contributed by atoms with Crippen molar-refractivity contribution in [1.82, 2.24) is 5.32 Å². The summed E-state index contributed by atoms with van der Waals surface area (Å²) in [6.45, 7) is 6.59. The van der Waals surface area contributed by atoms with Crippen LogP contribution in [0.4, 0.5) is 5.69 Å². The summed E-state index contributed by atoms with van der Waals surface area (Å²) in [5.74, 6) is 0. The van der Waals surface area contributed by atoms with Gasteiger partial charge in [-0.3, -0.25) is 0 Å². The van der Waals surface area contributed by atoms with Crippen molar-refractivity contribution in [2.24, 2.45) is 0 Å². The molecule has 1 aromatic rings. The molecule has 0 heterocycles. The molecule has 0 amide bonds. The molecule has 84 valence electrons. The van der Waals surface area contributed by atoms with Crippen LogP contribution in [0.3, 0.4) is 0 Å². The molecule has 1 unspecified atom stereocenters. The van der Waals surface area contributed by atoms with Gasteiger partial charge in [-0.15, -0.1) is 0 Å². The Kier molecular flexibility index (Phi) is 4.63. The van der Waals surface area contributed by atoms with Gasteiger partial charge in [0.15, 0.2) is 0 Å². The van der Waals surface area contributed by atoms with Crippen molar-refractivity contribution in [1.29, 1.82) is 0 Å². The third-order valence-electron chi connectivity index (χ3n) is 2.93. The van der Waals surface area contributed by atoms with Gasteiger partial charge in [-0.25, -0.2) is 0 Å². The van der Waals surface area contributed by atoms with E-state index in [1.807, 2.05) is 18.2 Å². The molecular formula is C13H22N2. The number of rotatable bonds is 5. The van der Waals surface area contributed by atoms with Crippen LogP contribution in [0, 0.1) is 0 Å². The Bertz CT molecular complexity index is 292. The third kappa shape index (κ3) is 3.24. The highest BCUT2D eigenvalue weighted by Gasteiger charge is 2.11. The van der Waals surface area contributed by atoms with Crippen molar-refractivity contribution in [3.05, 3.63) is 29.8 Å². The zero-order valence-electron chi connectivity index (χ0n) is 9.96. The number of benzene rings is 1. The number of nitrogen functional groups attached to an aromatic ring is 1. The molecule has 0 fully saturated rings. The van der Waals surface area contributed by atoms with Crippen LogP contribution in [0.5, 0.6) is 0 Å². The van der Waals surface area contributed by atoms with Crippen LogP contribution < -0.4 is 11.1 Å². The summed E-state index contributed by atoms with van der Waals surface area (Å²) < 4.78 is 0. The second-order valence-electron chi connectivity index (χ2n) is 4.03. The predicted octanol–water partition coefficient (Wildman–Crippen LogP) is 3.11. The smallest absolute Gasteiger partial charge is 0.0362 e. The molecule has 15 heavy (non-hydrogen) atoms. The lowest BCUT2D eigenvalue weighted by atomic mass is 10.0. The minimum absolute atomic E-state index is 0.330. The highest BCUT2D eigenvalue weighted by Crippen LogP contribution is 2.20. The van der Waals surface area contributed by atoms with E-state index < -0.39 is 0 Å². The van der Waals surface area contributed by atoms with E-state index in [4.69, 9.17) is 5.73 Å². The Morgan fingerprint density at radius 2 is 1.80 bits per heavy atom. The van der Waals surface area contributed by atoms with Gasteiger partial charge < -0.3 is 11.1 Å². The fourth-order valence-electron chi connectivity index (χ4n) is 1.87. The zero-order chi connectivity index (χ0) is 11.3. The van der Waals surface area contributed by atoms with Crippen LogP contribution in [0.25, 0.3) is 0 Å². The van der Waals surface area contributed by atoms with Gasteiger partial charge in [0.1, 0.15) is 0 Å². The van der Waals surface area contributed by atoms with Crippen molar-refractivity contribution in [3.8, 4) is 0 Å². The van der Waals surface area contributed by atoms with Gasteiger partial charge >= 0.3 is 0 Å². The van der Waals surface area contributed by atoms with Crippen LogP contribution in [0.1, 0.15) is 45.2 Å². The van der Waals surface area contributed by atoms with Crippen LogP contribution in [-0.2, 0) is 0 Å². The summed E-state index contributed by atoms with van der Waals surface area (Å²) in [5.41, 5.74) is 8.02. The third-order valence-corrected chi connectivity index (χ3v) is 2.93. The number of hydrogen-bond acceptors (Lipinski definition) is 2. The first kappa shape index (κ1) is 12.1. The summed E-state index contributed by atoms with van der Waals surface area (Å²) in [5, 5.41) is 3.59. The van der Waals surface area contributed by atoms with E-state index in [1.165, 1.54) is 5.56 Å². The maximum absolute atomic E-state index is 5.94. The molecule has 3 N–H and O–H groups in total. The number of anilines is 1. The summed E-state index contributed by atoms with van der Waals surface area (Å²) in [6.07, 6.45) is 2.32. The van der Waals surface area contributed by atoms with Gasteiger partial charge in [-0.05, 0) is 31.4 Å². The summed E-state index contributed by atoms with van der Waals surface area (Å²) in [4.78, 5) is 0. The standard InChI is InChI=1S/C13H22N2/c1-4-11(5-2)15-10(3)12-8-6-7-9-13(12)14/h6-11,15H,4-5,14H2,1-3H3.